The van der Waals surface area contributed by atoms with E-state index in [0.29, 0.717) is 6.04 Å². The molecule has 0 amide bonds. The highest BCUT2D eigenvalue weighted by atomic mass is 15.2. The van der Waals surface area contributed by atoms with Crippen LogP contribution in [0.25, 0.3) is 0 Å². The van der Waals surface area contributed by atoms with Gasteiger partial charge in [0.15, 0.2) is 0 Å². The van der Waals surface area contributed by atoms with Gasteiger partial charge in [0.05, 0.1) is 0 Å². The van der Waals surface area contributed by atoms with Crippen molar-refractivity contribution in [2.24, 2.45) is 0 Å². The van der Waals surface area contributed by atoms with Crippen molar-refractivity contribution in [1.82, 2.24) is 9.80 Å². The van der Waals surface area contributed by atoms with Crippen molar-refractivity contribution in [2.75, 3.05) is 20.6 Å². The first kappa shape index (κ1) is 8.82. The van der Waals surface area contributed by atoms with Crippen LogP contribution in [0.15, 0.2) is 24.0 Å². The summed E-state index contributed by atoms with van der Waals surface area (Å²) < 4.78 is 0. The van der Waals surface area contributed by atoms with E-state index in [1.807, 2.05) is 0 Å². The quantitative estimate of drug-likeness (QED) is 0.604. The highest BCUT2D eigenvalue weighted by molar-refractivity contribution is 5.19. The summed E-state index contributed by atoms with van der Waals surface area (Å²) in [7, 11) is 4.33. The summed E-state index contributed by atoms with van der Waals surface area (Å²) >= 11 is 0. The van der Waals surface area contributed by atoms with Gasteiger partial charge in [0, 0.05) is 19.3 Å². The Labute approximate surface area is 80.5 Å². The third kappa shape index (κ3) is 1.78. The summed E-state index contributed by atoms with van der Waals surface area (Å²) in [5.74, 6) is 0. The lowest BCUT2D eigenvalue weighted by atomic mass is 10.0. The number of likely N-dealkylation sites (tertiary alicyclic amines) is 1. The van der Waals surface area contributed by atoms with Gasteiger partial charge in [-0.2, -0.15) is 0 Å². The molecular formula is C11H18N2. The molecule has 2 heteroatoms. The Hall–Kier alpha value is -0.760. The predicted molar refractivity (Wildman–Crippen MR) is 55.3 cm³/mol. The van der Waals surface area contributed by atoms with Crippen LogP contribution in [0.2, 0.25) is 0 Å². The first-order chi connectivity index (χ1) is 6.27. The van der Waals surface area contributed by atoms with Gasteiger partial charge in [-0.15, -0.1) is 0 Å². The van der Waals surface area contributed by atoms with E-state index in [0.717, 1.165) is 6.42 Å². The summed E-state index contributed by atoms with van der Waals surface area (Å²) in [4.78, 5) is 4.63. The molecule has 1 unspecified atom stereocenters. The van der Waals surface area contributed by atoms with Gasteiger partial charge >= 0.3 is 0 Å². The first-order valence-corrected chi connectivity index (χ1v) is 5.07. The maximum absolute atomic E-state index is 2.47. The van der Waals surface area contributed by atoms with Crippen molar-refractivity contribution in [3.8, 4) is 0 Å². The molecule has 72 valence electrons. The molecule has 0 aromatic rings. The normalized spacial score (nSPS) is 29.5. The third-order valence-electron chi connectivity index (χ3n) is 3.01. The van der Waals surface area contributed by atoms with Gasteiger partial charge in [-0.3, -0.25) is 4.90 Å². The van der Waals surface area contributed by atoms with Gasteiger partial charge in [-0.1, -0.05) is 6.08 Å². The maximum atomic E-state index is 2.47. The minimum Gasteiger partial charge on any atom is -0.358 e. The molecule has 0 N–H and O–H groups in total. The van der Waals surface area contributed by atoms with Gasteiger partial charge in [0.2, 0.25) is 0 Å². The highest BCUT2D eigenvalue weighted by Gasteiger charge is 2.24. The Morgan fingerprint density at radius 2 is 2.23 bits per heavy atom. The summed E-state index contributed by atoms with van der Waals surface area (Å²) in [5, 5.41) is 0. The van der Waals surface area contributed by atoms with E-state index in [4.69, 9.17) is 0 Å². The Morgan fingerprint density at radius 3 is 2.85 bits per heavy atom. The Morgan fingerprint density at radius 1 is 1.38 bits per heavy atom. The number of hydrogen-bond donors (Lipinski definition) is 0. The molecule has 0 aliphatic carbocycles. The van der Waals surface area contributed by atoms with Crippen molar-refractivity contribution in [3.05, 3.63) is 24.0 Å². The Balaban J connectivity index is 2.08. The lowest BCUT2D eigenvalue weighted by Gasteiger charge is -2.26. The van der Waals surface area contributed by atoms with Gasteiger partial charge in [0.1, 0.15) is 0 Å². The average molecular weight is 178 g/mol. The number of nitrogens with zero attached hydrogens (tertiary/aromatic N) is 2. The van der Waals surface area contributed by atoms with Crippen LogP contribution in [0, 0.1) is 0 Å². The second-order valence-electron chi connectivity index (χ2n) is 4.10. The monoisotopic (exact) mass is 178 g/mol. The van der Waals surface area contributed by atoms with Crippen molar-refractivity contribution in [3.63, 3.8) is 0 Å². The Bertz CT molecular complexity index is 242. The minimum atomic E-state index is 0.701. The van der Waals surface area contributed by atoms with E-state index >= 15 is 0 Å². The van der Waals surface area contributed by atoms with Crippen molar-refractivity contribution >= 4 is 0 Å². The summed E-state index contributed by atoms with van der Waals surface area (Å²) in [5.41, 5.74) is 1.57. The number of allylic oxidation sites excluding steroid dienone is 1. The molecule has 0 bridgehead atoms. The third-order valence-corrected chi connectivity index (χ3v) is 3.01. The van der Waals surface area contributed by atoms with Crippen LogP contribution >= 0.6 is 0 Å². The molecule has 1 atom stereocenters. The van der Waals surface area contributed by atoms with Crippen LogP contribution in [-0.2, 0) is 0 Å². The second-order valence-corrected chi connectivity index (χ2v) is 4.10. The molecule has 0 saturated carbocycles. The van der Waals surface area contributed by atoms with E-state index < -0.39 is 0 Å². The average Bonchev–Trinajstić information content (AvgIpc) is 2.51. The molecule has 0 aromatic heterocycles. The van der Waals surface area contributed by atoms with E-state index in [2.05, 4.69) is 42.4 Å². The fourth-order valence-electron chi connectivity index (χ4n) is 2.31. The molecule has 2 rings (SSSR count). The predicted octanol–water partition coefficient (Wildman–Crippen LogP) is 1.81. The standard InChI is InChI=1S/C11H18N2/c1-12-7-3-5-10(9-12)11-6-4-8-13(11)2/h3,7,9,11H,4-6,8H2,1-2H3. The van der Waals surface area contributed by atoms with Gasteiger partial charge in [0.25, 0.3) is 0 Å². The van der Waals surface area contributed by atoms with Crippen molar-refractivity contribution in [2.45, 2.75) is 25.3 Å². The zero-order valence-corrected chi connectivity index (χ0v) is 8.53. The minimum absolute atomic E-state index is 0.701. The lowest BCUT2D eigenvalue weighted by molar-refractivity contribution is 0.337. The molecule has 1 fully saturated rings. The van der Waals surface area contributed by atoms with Crippen LogP contribution in [0.5, 0.6) is 0 Å². The van der Waals surface area contributed by atoms with Crippen molar-refractivity contribution < 1.29 is 0 Å². The Kier molecular flexibility index (Phi) is 2.40. The summed E-state index contributed by atoms with van der Waals surface area (Å²) in [6.07, 6.45) is 10.5. The smallest absolute Gasteiger partial charge is 0.0325 e. The van der Waals surface area contributed by atoms with Crippen LogP contribution in [0.4, 0.5) is 0 Å². The molecule has 2 aliphatic heterocycles. The van der Waals surface area contributed by atoms with E-state index in [9.17, 15) is 0 Å². The van der Waals surface area contributed by atoms with Crippen LogP contribution < -0.4 is 0 Å². The maximum Gasteiger partial charge on any atom is 0.0325 e. The van der Waals surface area contributed by atoms with Gasteiger partial charge < -0.3 is 4.90 Å². The largest absolute Gasteiger partial charge is 0.358 e. The molecule has 1 saturated heterocycles. The van der Waals surface area contributed by atoms with Crippen molar-refractivity contribution in [1.29, 1.82) is 0 Å². The van der Waals surface area contributed by atoms with E-state index in [1.165, 1.54) is 19.4 Å². The fourth-order valence-corrected chi connectivity index (χ4v) is 2.31. The highest BCUT2D eigenvalue weighted by Crippen LogP contribution is 2.26. The fraction of sp³-hybridized carbons (Fsp3) is 0.636. The second kappa shape index (κ2) is 3.54. The topological polar surface area (TPSA) is 6.48 Å². The van der Waals surface area contributed by atoms with E-state index in [-0.39, 0.29) is 0 Å². The number of likely N-dealkylation sites (N-methyl/N-ethyl adjacent to an activating group) is 1. The molecule has 2 aliphatic rings. The molecule has 0 radical (unpaired) electrons. The first-order valence-electron chi connectivity index (χ1n) is 5.07. The lowest BCUT2D eigenvalue weighted by Crippen LogP contribution is -2.28. The zero-order chi connectivity index (χ0) is 9.26. The van der Waals surface area contributed by atoms with Crippen LogP contribution in [0.3, 0.4) is 0 Å². The van der Waals surface area contributed by atoms with E-state index in [1.54, 1.807) is 5.57 Å². The molecule has 0 spiro atoms. The summed E-state index contributed by atoms with van der Waals surface area (Å²) in [6.45, 7) is 1.26. The number of rotatable bonds is 1. The molecule has 2 heterocycles. The molecule has 2 nitrogen and oxygen atoms in total. The van der Waals surface area contributed by atoms with Gasteiger partial charge in [-0.25, -0.2) is 0 Å². The van der Waals surface area contributed by atoms with Crippen LogP contribution in [-0.4, -0.2) is 36.5 Å². The number of hydrogen-bond acceptors (Lipinski definition) is 2. The molecule has 0 aromatic carbocycles. The zero-order valence-electron chi connectivity index (χ0n) is 8.53. The van der Waals surface area contributed by atoms with Gasteiger partial charge in [-0.05, 0) is 44.6 Å². The SMILES string of the molecule is CN1C=CCC(C2CCCN2C)=C1. The molecule has 13 heavy (non-hydrogen) atoms. The van der Waals surface area contributed by atoms with Crippen LogP contribution in [0.1, 0.15) is 19.3 Å². The molecular weight excluding hydrogens is 160 g/mol. The summed E-state index contributed by atoms with van der Waals surface area (Å²) in [6, 6.07) is 0.701.